The Balaban J connectivity index is 0.00000308. The Kier molecular flexibility index (Phi) is 16.3. The second kappa shape index (κ2) is 17.6. The molecule has 0 heterocycles. The van der Waals surface area contributed by atoms with Crippen LogP contribution in [0.5, 0.6) is 0 Å². The molecular weight excluding hydrogens is 639 g/mol. The maximum absolute atomic E-state index is 2.65. The fraction of sp³-hybridized carbons (Fsp3) is 0.421. The average Bonchev–Trinajstić information content (AvgIpc) is 3.38. The largest absolute Gasteiger partial charge is 0.147 e. The molecule has 0 bridgehead atoms. The molecule has 4 rings (SSSR count). The summed E-state index contributed by atoms with van der Waals surface area (Å²) in [5, 5.41) is 6.39. The van der Waals surface area contributed by atoms with Crippen molar-refractivity contribution in [2.24, 2.45) is 5.92 Å². The van der Waals surface area contributed by atoms with Gasteiger partial charge in [-0.05, 0) is 0 Å². The van der Waals surface area contributed by atoms with Gasteiger partial charge in [0.2, 0.25) is 0 Å². The summed E-state index contributed by atoms with van der Waals surface area (Å²) in [5.74, 6) is 0.501. The Morgan fingerprint density at radius 2 is 0.814 bits per heavy atom. The van der Waals surface area contributed by atoms with E-state index in [1.165, 1.54) is 33.4 Å². The summed E-state index contributed by atoms with van der Waals surface area (Å²) >= 11 is 2.39. The molecule has 0 saturated heterocycles. The van der Waals surface area contributed by atoms with Crippen molar-refractivity contribution in [3.8, 4) is 0 Å². The molecule has 0 unspecified atom stereocenters. The third-order valence-corrected chi connectivity index (χ3v) is 14.5. The molecule has 5 heteroatoms. The number of allylic oxidation sites excluding steroid dienone is 4. The summed E-state index contributed by atoms with van der Waals surface area (Å²) in [4.78, 5) is 0. The first-order chi connectivity index (χ1) is 19.2. The summed E-state index contributed by atoms with van der Waals surface area (Å²) in [7, 11) is -2.64. The van der Waals surface area contributed by atoms with Crippen LogP contribution in [0.4, 0.5) is 0 Å². The molecule has 0 aromatic heterocycles. The van der Waals surface area contributed by atoms with Gasteiger partial charge in [0, 0.05) is 0 Å². The van der Waals surface area contributed by atoms with E-state index in [0.717, 1.165) is 44.9 Å². The van der Waals surface area contributed by atoms with Crippen LogP contribution in [0.15, 0.2) is 75.3 Å². The second-order valence-corrected chi connectivity index (χ2v) is 16.6. The maximum atomic E-state index is 2.65. The van der Waals surface area contributed by atoms with Gasteiger partial charge in [-0.25, -0.2) is 0 Å². The Morgan fingerprint density at radius 1 is 0.535 bits per heavy atom. The third-order valence-electron chi connectivity index (χ3n) is 9.01. The number of benzene rings is 3. The Labute approximate surface area is 294 Å². The fourth-order valence-corrected chi connectivity index (χ4v) is 13.3. The van der Waals surface area contributed by atoms with Gasteiger partial charge >= 0.3 is 259 Å². The molecule has 0 aliphatic heterocycles. The van der Waals surface area contributed by atoms with Gasteiger partial charge in [0.25, 0.3) is 0 Å². The molecule has 233 valence electrons. The minimum Gasteiger partial charge on any atom is -0.147 e. The number of rotatable bonds is 11. The SMILES string of the molecule is CCc1cc(CC)cc([Si](C2=CC[C]([Ti])=C2C(C)C)(c2cc(CC)cc(CC)c2)c2cc(CC)cc(CC)c2)c1.Cl.Cl.Cl. The van der Waals surface area contributed by atoms with E-state index in [-0.39, 0.29) is 37.2 Å². The van der Waals surface area contributed by atoms with Gasteiger partial charge in [-0.15, -0.1) is 37.2 Å². The zero-order valence-electron chi connectivity index (χ0n) is 27.5. The minimum atomic E-state index is -2.64. The molecule has 0 atom stereocenters. The molecule has 3 aromatic rings. The van der Waals surface area contributed by atoms with Crippen LogP contribution < -0.4 is 15.6 Å². The van der Waals surface area contributed by atoms with Crippen molar-refractivity contribution in [2.75, 3.05) is 0 Å². The molecule has 0 fully saturated rings. The number of halogens is 3. The molecule has 0 amide bonds. The van der Waals surface area contributed by atoms with Gasteiger partial charge in [-0.2, -0.15) is 0 Å². The molecule has 0 nitrogen and oxygen atoms in total. The smallest absolute Gasteiger partial charge is 0.147 e. The Hall–Kier alpha value is -1.06. The first-order valence-electron chi connectivity index (χ1n) is 15.8. The topological polar surface area (TPSA) is 0 Å². The van der Waals surface area contributed by atoms with Crippen molar-refractivity contribution in [3.63, 3.8) is 0 Å². The number of aryl methyl sites for hydroxylation is 6. The van der Waals surface area contributed by atoms with E-state index in [9.17, 15) is 0 Å². The number of hydrogen-bond donors (Lipinski definition) is 0. The van der Waals surface area contributed by atoms with Crippen LogP contribution in [0, 0.1) is 5.92 Å². The van der Waals surface area contributed by atoms with Crippen molar-refractivity contribution < 1.29 is 20.4 Å². The molecule has 0 spiro atoms. The summed E-state index contributed by atoms with van der Waals surface area (Å²) in [6.07, 6.45) is 10.1. The van der Waals surface area contributed by atoms with Crippen molar-refractivity contribution in [3.05, 3.63) is 109 Å². The molecular formula is C38H52Cl3SiTi. The third kappa shape index (κ3) is 8.03. The maximum Gasteiger partial charge on any atom is -0.147 e. The van der Waals surface area contributed by atoms with Crippen LogP contribution in [0.25, 0.3) is 0 Å². The van der Waals surface area contributed by atoms with Gasteiger partial charge in [-0.3, -0.25) is 0 Å². The summed E-state index contributed by atoms with van der Waals surface area (Å²) < 4.78 is 1.56. The van der Waals surface area contributed by atoms with E-state index in [0.29, 0.717) is 5.92 Å². The van der Waals surface area contributed by atoms with Crippen molar-refractivity contribution in [2.45, 2.75) is 100 Å². The molecule has 1 aliphatic carbocycles. The van der Waals surface area contributed by atoms with E-state index in [2.05, 4.69) is 136 Å². The van der Waals surface area contributed by atoms with Crippen LogP contribution in [0.1, 0.15) is 95.2 Å². The molecule has 0 N–H and O–H groups in total. The molecule has 3 aromatic carbocycles. The van der Waals surface area contributed by atoms with Crippen LogP contribution >= 0.6 is 37.2 Å². The van der Waals surface area contributed by atoms with E-state index >= 15 is 0 Å². The van der Waals surface area contributed by atoms with E-state index in [1.54, 1.807) is 30.2 Å². The van der Waals surface area contributed by atoms with Gasteiger partial charge in [0.1, 0.15) is 0 Å². The van der Waals surface area contributed by atoms with Crippen LogP contribution in [-0.4, -0.2) is 8.07 Å². The van der Waals surface area contributed by atoms with E-state index < -0.39 is 8.07 Å². The predicted octanol–water partition coefficient (Wildman–Crippen LogP) is 9.12. The Morgan fingerprint density at radius 3 is 1.05 bits per heavy atom. The van der Waals surface area contributed by atoms with Crippen molar-refractivity contribution >= 4 is 60.9 Å². The van der Waals surface area contributed by atoms with E-state index in [4.69, 9.17) is 0 Å². The average molecular weight is 691 g/mol. The van der Waals surface area contributed by atoms with Crippen LogP contribution in [0.3, 0.4) is 0 Å². The van der Waals surface area contributed by atoms with Gasteiger partial charge in [0.05, 0.1) is 0 Å². The quantitative estimate of drug-likeness (QED) is 0.139. The second-order valence-electron chi connectivity index (χ2n) is 11.9. The normalized spacial score (nSPS) is 12.9. The Bertz CT molecular complexity index is 1240. The summed E-state index contributed by atoms with van der Waals surface area (Å²) in [5.41, 5.74) is 10.5. The van der Waals surface area contributed by atoms with Gasteiger partial charge in [0.15, 0.2) is 0 Å². The fourth-order valence-electron chi connectivity index (χ4n) is 6.73. The van der Waals surface area contributed by atoms with E-state index in [1.807, 2.05) is 0 Å². The molecule has 0 radical (unpaired) electrons. The summed E-state index contributed by atoms with van der Waals surface area (Å²) in [6.45, 7) is 18.7. The molecule has 0 saturated carbocycles. The standard InChI is InChI=1S/C38H49Si.3ClH.Ti/c1-9-28-18-29(10-2)22-34(21-28)39(38-17-15-16-37(38)27(7)8,35-23-30(11-3)19-31(12-4)24-35)36-25-32(13-5)20-33(14-6)26-36;;;;/h17-27H,9-15H2,1-8H3;3*1H;. The van der Waals surface area contributed by atoms with Crippen molar-refractivity contribution in [1.82, 2.24) is 0 Å². The summed E-state index contributed by atoms with van der Waals surface area (Å²) in [6, 6.07) is 23.0. The van der Waals surface area contributed by atoms with Gasteiger partial charge < -0.3 is 0 Å². The van der Waals surface area contributed by atoms with Crippen LogP contribution in [0.2, 0.25) is 0 Å². The van der Waals surface area contributed by atoms with Gasteiger partial charge in [-0.1, -0.05) is 0 Å². The zero-order chi connectivity index (χ0) is 29.0. The molecule has 1 aliphatic rings. The number of hydrogen-bond acceptors (Lipinski definition) is 0. The minimum absolute atomic E-state index is 0. The van der Waals surface area contributed by atoms with Crippen LogP contribution in [-0.2, 0) is 59.0 Å². The monoisotopic (exact) mass is 689 g/mol. The van der Waals surface area contributed by atoms with Crippen molar-refractivity contribution in [1.29, 1.82) is 0 Å². The first-order valence-corrected chi connectivity index (χ1v) is 18.6. The predicted molar refractivity (Wildman–Crippen MR) is 197 cm³/mol. The molecule has 43 heavy (non-hydrogen) atoms. The zero-order valence-corrected chi connectivity index (χ0v) is 32.5. The first kappa shape index (κ1) is 40.0.